The smallest absolute Gasteiger partial charge is 0.328 e. The summed E-state index contributed by atoms with van der Waals surface area (Å²) in [5.41, 5.74) is 0.139. The molecule has 1 atom stereocenters. The molecule has 0 spiro atoms. The van der Waals surface area contributed by atoms with Crippen molar-refractivity contribution in [2.24, 2.45) is 5.92 Å². The number of hydrogen-bond donors (Lipinski definition) is 1. The van der Waals surface area contributed by atoms with Crippen LogP contribution < -0.4 is 5.32 Å². The first kappa shape index (κ1) is 15.6. The fourth-order valence-corrected chi connectivity index (χ4v) is 1.58. The van der Waals surface area contributed by atoms with Crippen molar-refractivity contribution in [3.05, 3.63) is 39.9 Å². The molecule has 0 aromatic heterocycles. The van der Waals surface area contributed by atoms with Crippen molar-refractivity contribution in [2.75, 3.05) is 7.11 Å². The van der Waals surface area contributed by atoms with Crippen LogP contribution >= 0.6 is 0 Å². The highest BCUT2D eigenvalue weighted by atomic mass is 16.6. The third-order valence-corrected chi connectivity index (χ3v) is 2.75. The molecule has 0 aliphatic rings. The van der Waals surface area contributed by atoms with E-state index < -0.39 is 22.8 Å². The molecule has 0 bridgehead atoms. The number of rotatable bonds is 5. The number of benzene rings is 1. The number of non-ortho nitro benzene ring substituents is 1. The second-order valence-electron chi connectivity index (χ2n) is 4.52. The second kappa shape index (κ2) is 6.65. The summed E-state index contributed by atoms with van der Waals surface area (Å²) in [5, 5.41) is 13.1. The van der Waals surface area contributed by atoms with Crippen molar-refractivity contribution in [1.82, 2.24) is 5.32 Å². The molecule has 0 radical (unpaired) electrons. The van der Waals surface area contributed by atoms with Gasteiger partial charge in [0.15, 0.2) is 0 Å². The van der Waals surface area contributed by atoms with Crippen LogP contribution in [-0.2, 0) is 9.53 Å². The number of nitro groups is 1. The van der Waals surface area contributed by atoms with E-state index in [9.17, 15) is 19.7 Å². The third-order valence-electron chi connectivity index (χ3n) is 2.75. The Labute approximate surface area is 116 Å². The topological polar surface area (TPSA) is 98.5 Å². The van der Waals surface area contributed by atoms with E-state index in [1.165, 1.54) is 31.4 Å². The molecule has 7 heteroatoms. The maximum absolute atomic E-state index is 12.0. The molecule has 1 N–H and O–H groups in total. The summed E-state index contributed by atoms with van der Waals surface area (Å²) in [6.45, 7) is 3.55. The summed E-state index contributed by atoms with van der Waals surface area (Å²) in [6, 6.07) is 4.38. The zero-order valence-corrected chi connectivity index (χ0v) is 11.5. The number of nitro benzene ring substituents is 1. The van der Waals surface area contributed by atoms with E-state index in [1.807, 2.05) is 0 Å². The molecule has 0 saturated heterocycles. The molecule has 0 aliphatic carbocycles. The van der Waals surface area contributed by atoms with Gasteiger partial charge in [0.1, 0.15) is 6.04 Å². The zero-order chi connectivity index (χ0) is 15.3. The van der Waals surface area contributed by atoms with E-state index in [1.54, 1.807) is 13.8 Å². The van der Waals surface area contributed by atoms with Gasteiger partial charge in [0.05, 0.1) is 12.0 Å². The summed E-state index contributed by atoms with van der Waals surface area (Å²) in [7, 11) is 1.25. The van der Waals surface area contributed by atoms with Crippen molar-refractivity contribution < 1.29 is 19.2 Å². The molecule has 1 rings (SSSR count). The molecule has 108 valence electrons. The fraction of sp³-hybridized carbons (Fsp3) is 0.385. The van der Waals surface area contributed by atoms with Gasteiger partial charge in [0.2, 0.25) is 0 Å². The third kappa shape index (κ3) is 3.78. The maximum atomic E-state index is 12.0. The number of esters is 1. The van der Waals surface area contributed by atoms with Gasteiger partial charge < -0.3 is 10.1 Å². The number of nitrogens with zero attached hydrogens (tertiary/aromatic N) is 1. The van der Waals surface area contributed by atoms with Gasteiger partial charge in [-0.1, -0.05) is 13.8 Å². The average Bonchev–Trinajstić information content (AvgIpc) is 2.43. The summed E-state index contributed by atoms with van der Waals surface area (Å²) in [5.74, 6) is -1.15. The fourth-order valence-electron chi connectivity index (χ4n) is 1.58. The van der Waals surface area contributed by atoms with Crippen molar-refractivity contribution in [1.29, 1.82) is 0 Å². The Kier molecular flexibility index (Phi) is 5.19. The van der Waals surface area contributed by atoms with Crippen LogP contribution in [0.4, 0.5) is 5.69 Å². The Morgan fingerprint density at radius 3 is 2.20 bits per heavy atom. The van der Waals surface area contributed by atoms with Gasteiger partial charge in [-0.3, -0.25) is 14.9 Å². The lowest BCUT2D eigenvalue weighted by atomic mass is 10.0. The van der Waals surface area contributed by atoms with Gasteiger partial charge in [-0.2, -0.15) is 0 Å². The molecule has 0 fully saturated rings. The summed E-state index contributed by atoms with van der Waals surface area (Å²) in [6.07, 6.45) is 0. The van der Waals surface area contributed by atoms with E-state index in [4.69, 9.17) is 0 Å². The molecule has 1 amide bonds. The Morgan fingerprint density at radius 2 is 1.80 bits per heavy atom. The summed E-state index contributed by atoms with van der Waals surface area (Å²) >= 11 is 0. The number of hydrogen-bond acceptors (Lipinski definition) is 5. The molecule has 20 heavy (non-hydrogen) atoms. The van der Waals surface area contributed by atoms with E-state index in [0.29, 0.717) is 0 Å². The first-order valence-corrected chi connectivity index (χ1v) is 6.00. The lowest BCUT2D eigenvalue weighted by molar-refractivity contribution is -0.384. The Hall–Kier alpha value is -2.44. The van der Waals surface area contributed by atoms with E-state index in [-0.39, 0.29) is 17.2 Å². The van der Waals surface area contributed by atoms with Crippen molar-refractivity contribution in [2.45, 2.75) is 19.9 Å². The van der Waals surface area contributed by atoms with E-state index in [0.717, 1.165) is 0 Å². The van der Waals surface area contributed by atoms with Gasteiger partial charge in [-0.25, -0.2) is 4.79 Å². The summed E-state index contributed by atoms with van der Waals surface area (Å²) < 4.78 is 4.62. The number of amides is 1. The van der Waals surface area contributed by atoms with Crippen molar-refractivity contribution in [3.8, 4) is 0 Å². The Bertz CT molecular complexity index is 510. The minimum Gasteiger partial charge on any atom is -0.467 e. The first-order chi connectivity index (χ1) is 9.36. The van der Waals surface area contributed by atoms with Crippen LogP contribution in [0.5, 0.6) is 0 Å². The Morgan fingerprint density at radius 1 is 1.25 bits per heavy atom. The highest BCUT2D eigenvalue weighted by Gasteiger charge is 2.25. The number of ether oxygens (including phenoxy) is 1. The molecule has 0 heterocycles. The highest BCUT2D eigenvalue weighted by Crippen LogP contribution is 2.12. The summed E-state index contributed by atoms with van der Waals surface area (Å²) in [4.78, 5) is 33.5. The van der Waals surface area contributed by atoms with Gasteiger partial charge in [-0.15, -0.1) is 0 Å². The van der Waals surface area contributed by atoms with Crippen LogP contribution in [0.25, 0.3) is 0 Å². The quantitative estimate of drug-likeness (QED) is 0.501. The molecular formula is C13H16N2O5. The molecule has 7 nitrogen and oxygen atoms in total. The second-order valence-corrected chi connectivity index (χ2v) is 4.52. The van der Waals surface area contributed by atoms with E-state index >= 15 is 0 Å². The lowest BCUT2D eigenvalue weighted by Crippen LogP contribution is -2.45. The van der Waals surface area contributed by atoms with Gasteiger partial charge in [-0.05, 0) is 18.1 Å². The van der Waals surface area contributed by atoms with Crippen LogP contribution in [0.3, 0.4) is 0 Å². The average molecular weight is 280 g/mol. The van der Waals surface area contributed by atoms with Gasteiger partial charge in [0.25, 0.3) is 11.6 Å². The zero-order valence-electron chi connectivity index (χ0n) is 11.5. The monoisotopic (exact) mass is 280 g/mol. The molecular weight excluding hydrogens is 264 g/mol. The minimum atomic E-state index is -0.761. The number of methoxy groups -OCH3 is 1. The van der Waals surface area contributed by atoms with Gasteiger partial charge in [0, 0.05) is 17.7 Å². The number of carbonyl (C=O) groups excluding carboxylic acids is 2. The van der Waals surface area contributed by atoms with E-state index in [2.05, 4.69) is 10.1 Å². The van der Waals surface area contributed by atoms with Crippen LogP contribution in [0.15, 0.2) is 24.3 Å². The van der Waals surface area contributed by atoms with Crippen LogP contribution in [0.2, 0.25) is 0 Å². The number of nitrogens with one attached hydrogen (secondary N) is 1. The molecule has 1 aromatic carbocycles. The molecule has 0 saturated carbocycles. The lowest BCUT2D eigenvalue weighted by Gasteiger charge is -2.19. The Balaban J connectivity index is 2.84. The minimum absolute atomic E-state index is 0.102. The predicted octanol–water partition coefficient (Wildman–Crippen LogP) is 1.52. The highest BCUT2D eigenvalue weighted by molar-refractivity contribution is 5.97. The molecule has 1 aromatic rings. The normalized spacial score (nSPS) is 11.8. The SMILES string of the molecule is COC(=O)C(NC(=O)c1ccc([N+](=O)[O-])cc1)C(C)C. The van der Waals surface area contributed by atoms with Crippen LogP contribution in [0.1, 0.15) is 24.2 Å². The predicted molar refractivity (Wildman–Crippen MR) is 71.2 cm³/mol. The largest absolute Gasteiger partial charge is 0.467 e. The van der Waals surface area contributed by atoms with Crippen molar-refractivity contribution >= 4 is 17.6 Å². The standard InChI is InChI=1S/C13H16N2O5/c1-8(2)11(13(17)20-3)14-12(16)9-4-6-10(7-5-9)15(18)19/h4-8,11H,1-3H3,(H,14,16). The maximum Gasteiger partial charge on any atom is 0.328 e. The van der Waals surface area contributed by atoms with Crippen LogP contribution in [0, 0.1) is 16.0 Å². The molecule has 0 aliphatic heterocycles. The van der Waals surface area contributed by atoms with Gasteiger partial charge >= 0.3 is 5.97 Å². The first-order valence-electron chi connectivity index (χ1n) is 6.00. The van der Waals surface area contributed by atoms with Crippen LogP contribution in [-0.4, -0.2) is 30.0 Å². The molecule has 1 unspecified atom stereocenters. The van der Waals surface area contributed by atoms with Crippen molar-refractivity contribution in [3.63, 3.8) is 0 Å². The number of carbonyl (C=O) groups is 2.